The second kappa shape index (κ2) is 4.28. The Bertz CT molecular complexity index is 647. The van der Waals surface area contributed by atoms with Crippen LogP contribution in [0.3, 0.4) is 0 Å². The van der Waals surface area contributed by atoms with E-state index in [9.17, 15) is 22.4 Å². The van der Waals surface area contributed by atoms with E-state index in [1.54, 1.807) is 0 Å². The molecule has 0 saturated carbocycles. The highest BCUT2D eigenvalue weighted by Crippen LogP contribution is 2.14. The quantitative estimate of drug-likeness (QED) is 0.776. The van der Waals surface area contributed by atoms with Crippen molar-refractivity contribution in [1.29, 1.82) is 0 Å². The van der Waals surface area contributed by atoms with Gasteiger partial charge in [-0.05, 0) is 19.1 Å². The lowest BCUT2D eigenvalue weighted by Crippen LogP contribution is -2.25. The summed E-state index contributed by atoms with van der Waals surface area (Å²) in [6.07, 6.45) is 0. The standard InChI is InChI=1S/C10H7F4N3O/c1-5-15-17(10(18)16(5)9(13)14)8-4-6(11)2-3-7(8)12/h2-4,9H,1H3. The molecule has 0 spiro atoms. The molecule has 0 N–H and O–H groups in total. The summed E-state index contributed by atoms with van der Waals surface area (Å²) < 4.78 is 51.9. The molecule has 0 radical (unpaired) electrons. The van der Waals surface area contributed by atoms with Crippen molar-refractivity contribution in [2.45, 2.75) is 13.5 Å². The number of halogens is 4. The van der Waals surface area contributed by atoms with E-state index in [0.717, 1.165) is 12.1 Å². The van der Waals surface area contributed by atoms with Crippen molar-refractivity contribution in [2.24, 2.45) is 0 Å². The summed E-state index contributed by atoms with van der Waals surface area (Å²) in [6, 6.07) is 2.34. The number of aromatic nitrogens is 3. The molecule has 8 heteroatoms. The van der Waals surface area contributed by atoms with Crippen LogP contribution < -0.4 is 5.69 Å². The number of alkyl halides is 2. The summed E-state index contributed by atoms with van der Waals surface area (Å²) in [5, 5.41) is 3.48. The van der Waals surface area contributed by atoms with E-state index in [1.165, 1.54) is 6.92 Å². The lowest BCUT2D eigenvalue weighted by molar-refractivity contribution is 0.0640. The molecule has 0 aliphatic carbocycles. The van der Waals surface area contributed by atoms with Gasteiger partial charge < -0.3 is 0 Å². The van der Waals surface area contributed by atoms with Gasteiger partial charge in [0, 0.05) is 6.07 Å². The maximum absolute atomic E-state index is 13.4. The van der Waals surface area contributed by atoms with E-state index in [0.29, 0.717) is 10.7 Å². The van der Waals surface area contributed by atoms with Crippen LogP contribution in [-0.2, 0) is 0 Å². The number of benzene rings is 1. The van der Waals surface area contributed by atoms with Crippen LogP contribution in [0.25, 0.3) is 5.69 Å². The highest BCUT2D eigenvalue weighted by Gasteiger charge is 2.20. The molecule has 2 aromatic rings. The van der Waals surface area contributed by atoms with E-state index < -0.39 is 29.6 Å². The van der Waals surface area contributed by atoms with Crippen LogP contribution in [0, 0.1) is 18.6 Å². The monoisotopic (exact) mass is 261 g/mol. The second-order valence-electron chi connectivity index (χ2n) is 3.48. The Morgan fingerprint density at radius 3 is 2.50 bits per heavy atom. The Kier molecular flexibility index (Phi) is 2.93. The molecule has 0 fully saturated rings. The first-order valence-corrected chi connectivity index (χ1v) is 4.83. The molecule has 4 nitrogen and oxygen atoms in total. The number of rotatable bonds is 2. The zero-order valence-corrected chi connectivity index (χ0v) is 9.07. The van der Waals surface area contributed by atoms with E-state index in [1.807, 2.05) is 0 Å². The first-order chi connectivity index (χ1) is 8.41. The summed E-state index contributed by atoms with van der Waals surface area (Å²) in [5.41, 5.74) is -1.74. The van der Waals surface area contributed by atoms with Crippen LogP contribution in [0.15, 0.2) is 23.0 Å². The minimum atomic E-state index is -3.09. The van der Waals surface area contributed by atoms with Crippen molar-refractivity contribution >= 4 is 0 Å². The fourth-order valence-electron chi connectivity index (χ4n) is 1.51. The minimum absolute atomic E-state index is 0.0876. The largest absolute Gasteiger partial charge is 0.355 e. The van der Waals surface area contributed by atoms with Crippen molar-refractivity contribution in [2.75, 3.05) is 0 Å². The van der Waals surface area contributed by atoms with Crippen LogP contribution in [0.2, 0.25) is 0 Å². The van der Waals surface area contributed by atoms with E-state index in [4.69, 9.17) is 0 Å². The third kappa shape index (κ3) is 1.89. The maximum Gasteiger partial charge on any atom is 0.355 e. The topological polar surface area (TPSA) is 39.8 Å². The number of nitrogens with zero attached hydrogens (tertiary/aromatic N) is 3. The molecule has 96 valence electrons. The first-order valence-electron chi connectivity index (χ1n) is 4.83. The molecule has 1 aromatic carbocycles. The van der Waals surface area contributed by atoms with Crippen LogP contribution >= 0.6 is 0 Å². The van der Waals surface area contributed by atoms with Gasteiger partial charge in [0.2, 0.25) is 0 Å². The molecule has 2 rings (SSSR count). The molecule has 0 aliphatic heterocycles. The van der Waals surface area contributed by atoms with E-state index >= 15 is 0 Å². The Balaban J connectivity index is 2.69. The highest BCUT2D eigenvalue weighted by molar-refractivity contribution is 5.32. The van der Waals surface area contributed by atoms with Gasteiger partial charge in [-0.15, -0.1) is 5.10 Å². The lowest BCUT2D eigenvalue weighted by atomic mass is 10.3. The number of hydrogen-bond acceptors (Lipinski definition) is 2. The molecule has 0 unspecified atom stereocenters. The van der Waals surface area contributed by atoms with Crippen LogP contribution in [0.4, 0.5) is 17.6 Å². The van der Waals surface area contributed by atoms with Gasteiger partial charge in [0.05, 0.1) is 0 Å². The molecule has 0 amide bonds. The van der Waals surface area contributed by atoms with E-state index in [2.05, 4.69) is 5.10 Å². The lowest BCUT2D eigenvalue weighted by Gasteiger charge is -2.01. The third-order valence-corrected chi connectivity index (χ3v) is 2.31. The molecule has 1 aromatic heterocycles. The Hall–Kier alpha value is -2.12. The van der Waals surface area contributed by atoms with Crippen molar-refractivity contribution in [3.8, 4) is 5.69 Å². The molecule has 0 saturated heterocycles. The maximum atomic E-state index is 13.4. The van der Waals surface area contributed by atoms with Gasteiger partial charge in [0.25, 0.3) is 0 Å². The SMILES string of the molecule is Cc1nn(-c2cc(F)ccc2F)c(=O)n1C(F)F. The average molecular weight is 261 g/mol. The van der Waals surface area contributed by atoms with Gasteiger partial charge in [0.1, 0.15) is 23.1 Å². The molecule has 0 bridgehead atoms. The van der Waals surface area contributed by atoms with Gasteiger partial charge in [0.15, 0.2) is 0 Å². The zero-order chi connectivity index (χ0) is 13.4. The normalized spacial score (nSPS) is 11.2. The van der Waals surface area contributed by atoms with Gasteiger partial charge in [-0.3, -0.25) is 0 Å². The van der Waals surface area contributed by atoms with Gasteiger partial charge in [-0.2, -0.15) is 13.5 Å². The van der Waals surface area contributed by atoms with Gasteiger partial charge >= 0.3 is 12.2 Å². The molecule has 18 heavy (non-hydrogen) atoms. The summed E-state index contributed by atoms with van der Waals surface area (Å²) >= 11 is 0. The van der Waals surface area contributed by atoms with Crippen molar-refractivity contribution in [3.05, 3.63) is 46.1 Å². The molecule has 1 heterocycles. The van der Waals surface area contributed by atoms with Crippen molar-refractivity contribution in [1.82, 2.24) is 14.3 Å². The summed E-state index contributed by atoms with van der Waals surface area (Å²) in [5.74, 6) is -2.03. The Morgan fingerprint density at radius 2 is 1.94 bits per heavy atom. The molecule has 0 atom stereocenters. The Labute approximate surface area is 98.1 Å². The van der Waals surface area contributed by atoms with Crippen molar-refractivity contribution in [3.63, 3.8) is 0 Å². The van der Waals surface area contributed by atoms with E-state index in [-0.39, 0.29) is 10.4 Å². The molecule has 0 aliphatic rings. The first kappa shape index (κ1) is 12.3. The smallest absolute Gasteiger partial charge is 0.245 e. The second-order valence-corrected chi connectivity index (χ2v) is 3.48. The fourth-order valence-corrected chi connectivity index (χ4v) is 1.51. The number of hydrogen-bond donors (Lipinski definition) is 0. The van der Waals surface area contributed by atoms with Crippen LogP contribution in [0.1, 0.15) is 12.4 Å². The minimum Gasteiger partial charge on any atom is -0.245 e. The fraction of sp³-hybridized carbons (Fsp3) is 0.200. The highest BCUT2D eigenvalue weighted by atomic mass is 19.3. The number of aryl methyl sites for hydroxylation is 1. The summed E-state index contributed by atoms with van der Waals surface area (Å²) in [7, 11) is 0. The summed E-state index contributed by atoms with van der Waals surface area (Å²) in [4.78, 5) is 11.6. The van der Waals surface area contributed by atoms with Gasteiger partial charge in [-0.1, -0.05) is 0 Å². The van der Waals surface area contributed by atoms with Gasteiger partial charge in [-0.25, -0.2) is 18.1 Å². The average Bonchev–Trinajstić information content (AvgIpc) is 2.57. The zero-order valence-electron chi connectivity index (χ0n) is 9.07. The van der Waals surface area contributed by atoms with Crippen molar-refractivity contribution < 1.29 is 17.6 Å². The molecular formula is C10H7F4N3O. The van der Waals surface area contributed by atoms with Crippen LogP contribution in [0.5, 0.6) is 0 Å². The third-order valence-electron chi connectivity index (χ3n) is 2.31. The molecular weight excluding hydrogens is 254 g/mol. The predicted octanol–water partition coefficient (Wildman–Crippen LogP) is 2.02. The summed E-state index contributed by atoms with van der Waals surface area (Å²) in [6.45, 7) is -1.93. The predicted molar refractivity (Wildman–Crippen MR) is 53.7 cm³/mol. The Morgan fingerprint density at radius 1 is 1.28 bits per heavy atom. The van der Waals surface area contributed by atoms with Crippen LogP contribution in [-0.4, -0.2) is 14.3 Å².